The van der Waals surface area contributed by atoms with Crippen LogP contribution in [0.3, 0.4) is 0 Å². The van der Waals surface area contributed by atoms with Crippen molar-refractivity contribution in [2.45, 2.75) is 56.9 Å². The number of hydrogen-bond acceptors (Lipinski definition) is 3. The summed E-state index contributed by atoms with van der Waals surface area (Å²) in [5.74, 6) is 2.20. The van der Waals surface area contributed by atoms with Gasteiger partial charge in [0.1, 0.15) is 0 Å². The maximum Gasteiger partial charge on any atom is 0.230 e. The van der Waals surface area contributed by atoms with E-state index >= 15 is 0 Å². The summed E-state index contributed by atoms with van der Waals surface area (Å²) in [5.41, 5.74) is 4.05. The van der Waals surface area contributed by atoms with Gasteiger partial charge in [-0.25, -0.2) is 0 Å². The van der Waals surface area contributed by atoms with Crippen LogP contribution in [0.25, 0.3) is 0 Å². The lowest BCUT2D eigenvalue weighted by Crippen LogP contribution is -2.37. The molecule has 4 aliphatic rings. The molecule has 140 valence electrons. The highest BCUT2D eigenvalue weighted by Gasteiger charge is 2.39. The molecule has 1 aromatic rings. The highest BCUT2D eigenvalue weighted by atomic mass is 16.2. The molecule has 2 saturated carbocycles. The quantitative estimate of drug-likeness (QED) is 0.856. The molecule has 0 spiro atoms. The molecule has 5 rings (SSSR count). The molecule has 26 heavy (non-hydrogen) atoms. The number of carbonyl (C=O) groups excluding carboxylic acids is 1. The first-order valence-corrected chi connectivity index (χ1v) is 10.7. The van der Waals surface area contributed by atoms with Crippen molar-refractivity contribution in [2.75, 3.05) is 31.1 Å². The van der Waals surface area contributed by atoms with Gasteiger partial charge in [0, 0.05) is 30.1 Å². The zero-order valence-corrected chi connectivity index (χ0v) is 15.7. The van der Waals surface area contributed by atoms with Crippen LogP contribution >= 0.6 is 0 Å². The van der Waals surface area contributed by atoms with Crippen LogP contribution in [0.1, 0.15) is 55.6 Å². The third-order valence-electron chi connectivity index (χ3n) is 7.07. The predicted octanol–water partition coefficient (Wildman–Crippen LogP) is 2.82. The molecule has 4 heteroatoms. The lowest BCUT2D eigenvalue weighted by atomic mass is 9.84. The van der Waals surface area contributed by atoms with E-state index in [2.05, 4.69) is 33.7 Å². The van der Waals surface area contributed by atoms with Crippen molar-refractivity contribution in [2.24, 2.45) is 11.8 Å². The lowest BCUT2D eigenvalue weighted by molar-refractivity contribution is -0.124. The van der Waals surface area contributed by atoms with Crippen LogP contribution in [0.4, 0.5) is 5.69 Å². The summed E-state index contributed by atoms with van der Waals surface area (Å²) in [7, 11) is 0. The summed E-state index contributed by atoms with van der Waals surface area (Å²) in [6.45, 7) is 4.43. The van der Waals surface area contributed by atoms with Gasteiger partial charge in [0.15, 0.2) is 0 Å². The van der Waals surface area contributed by atoms with Gasteiger partial charge < -0.3 is 15.5 Å². The Balaban J connectivity index is 1.19. The van der Waals surface area contributed by atoms with Crippen molar-refractivity contribution in [3.05, 3.63) is 29.3 Å². The first-order chi connectivity index (χ1) is 12.8. The molecule has 2 aliphatic heterocycles. The van der Waals surface area contributed by atoms with E-state index in [1.54, 1.807) is 0 Å². The number of nitrogens with zero attached hydrogens (tertiary/aromatic N) is 1. The van der Waals surface area contributed by atoms with Gasteiger partial charge in [-0.05, 0) is 81.3 Å². The normalized spacial score (nSPS) is 28.7. The molecule has 2 aliphatic carbocycles. The van der Waals surface area contributed by atoms with Crippen LogP contribution in [-0.2, 0) is 11.2 Å². The second-order valence-corrected chi connectivity index (χ2v) is 8.81. The molecule has 3 fully saturated rings. The molecule has 0 aromatic heterocycles. The van der Waals surface area contributed by atoms with E-state index in [-0.39, 0.29) is 0 Å². The molecule has 4 nitrogen and oxygen atoms in total. The van der Waals surface area contributed by atoms with E-state index in [0.29, 0.717) is 23.8 Å². The molecule has 0 bridgehead atoms. The first-order valence-electron chi connectivity index (χ1n) is 10.7. The second-order valence-electron chi connectivity index (χ2n) is 8.81. The largest absolute Gasteiger partial charge is 0.317 e. The summed E-state index contributed by atoms with van der Waals surface area (Å²) in [4.78, 5) is 14.7. The number of amides is 1. The fourth-order valence-corrected chi connectivity index (χ4v) is 4.95. The van der Waals surface area contributed by atoms with Crippen molar-refractivity contribution in [1.29, 1.82) is 0 Å². The zero-order chi connectivity index (χ0) is 17.5. The van der Waals surface area contributed by atoms with E-state index in [9.17, 15) is 4.79 Å². The summed E-state index contributed by atoms with van der Waals surface area (Å²) < 4.78 is 0. The minimum absolute atomic E-state index is 0.299. The molecule has 2 heterocycles. The number of rotatable bonds is 5. The van der Waals surface area contributed by atoms with Gasteiger partial charge in [0.25, 0.3) is 0 Å². The van der Waals surface area contributed by atoms with Crippen LogP contribution in [0, 0.1) is 11.8 Å². The van der Waals surface area contributed by atoms with Gasteiger partial charge >= 0.3 is 0 Å². The summed E-state index contributed by atoms with van der Waals surface area (Å²) in [5, 5.41) is 7.25. The molecule has 0 unspecified atom stereocenters. The highest BCUT2D eigenvalue weighted by Crippen LogP contribution is 2.43. The fourth-order valence-electron chi connectivity index (χ4n) is 4.95. The zero-order valence-electron chi connectivity index (χ0n) is 15.7. The Labute approximate surface area is 156 Å². The SMILES string of the molecule is O=C(C1CCC1)N1CCc2cc([C@@H]3C[C@H]3NCC3CCNCC3)ccc21. The Kier molecular flexibility index (Phi) is 4.49. The van der Waals surface area contributed by atoms with Crippen LogP contribution < -0.4 is 15.5 Å². The van der Waals surface area contributed by atoms with Crippen molar-refractivity contribution < 1.29 is 4.79 Å². The number of fused-ring (bicyclic) bond motifs is 1. The minimum atomic E-state index is 0.299. The standard InChI is InChI=1S/C22H31N3O/c26-22(16-2-1-3-16)25-11-8-18-12-17(4-5-21(18)25)19-13-20(19)24-14-15-6-9-23-10-7-15/h4-5,12,15-16,19-20,23-24H,1-3,6-11,13-14H2/t19-,20+/m0/s1. The Morgan fingerprint density at radius 3 is 2.81 bits per heavy atom. The van der Waals surface area contributed by atoms with E-state index in [0.717, 1.165) is 31.7 Å². The van der Waals surface area contributed by atoms with Gasteiger partial charge in [-0.2, -0.15) is 0 Å². The maximum absolute atomic E-state index is 12.6. The van der Waals surface area contributed by atoms with Crippen LogP contribution in [0.15, 0.2) is 18.2 Å². The number of benzene rings is 1. The van der Waals surface area contributed by atoms with Gasteiger partial charge in [0.05, 0.1) is 0 Å². The first kappa shape index (κ1) is 16.8. The highest BCUT2D eigenvalue weighted by molar-refractivity contribution is 5.97. The van der Waals surface area contributed by atoms with Crippen molar-refractivity contribution in [3.8, 4) is 0 Å². The van der Waals surface area contributed by atoms with Crippen molar-refractivity contribution in [1.82, 2.24) is 10.6 Å². The number of anilines is 1. The minimum Gasteiger partial charge on any atom is -0.317 e. The monoisotopic (exact) mass is 353 g/mol. The summed E-state index contributed by atoms with van der Waals surface area (Å²) >= 11 is 0. The molecule has 1 aromatic carbocycles. The van der Waals surface area contributed by atoms with Crippen molar-refractivity contribution >= 4 is 11.6 Å². The predicted molar refractivity (Wildman–Crippen MR) is 105 cm³/mol. The van der Waals surface area contributed by atoms with Crippen LogP contribution in [0.2, 0.25) is 0 Å². The van der Waals surface area contributed by atoms with Gasteiger partial charge in [-0.1, -0.05) is 18.6 Å². The summed E-state index contributed by atoms with van der Waals surface area (Å²) in [6.07, 6.45) is 8.34. The fraction of sp³-hybridized carbons (Fsp3) is 0.682. The van der Waals surface area contributed by atoms with Gasteiger partial charge in [-0.15, -0.1) is 0 Å². The van der Waals surface area contributed by atoms with Gasteiger partial charge in [0.2, 0.25) is 5.91 Å². The van der Waals surface area contributed by atoms with Crippen LogP contribution in [0.5, 0.6) is 0 Å². The third kappa shape index (κ3) is 3.18. The van der Waals surface area contributed by atoms with E-state index in [1.165, 1.54) is 62.1 Å². The second kappa shape index (κ2) is 6.97. The van der Waals surface area contributed by atoms with E-state index in [4.69, 9.17) is 0 Å². The Bertz CT molecular complexity index is 678. The summed E-state index contributed by atoms with van der Waals surface area (Å²) in [6, 6.07) is 7.55. The molecule has 1 amide bonds. The van der Waals surface area contributed by atoms with Crippen molar-refractivity contribution in [3.63, 3.8) is 0 Å². The molecule has 2 atom stereocenters. The Hall–Kier alpha value is -1.39. The van der Waals surface area contributed by atoms with Gasteiger partial charge in [-0.3, -0.25) is 4.79 Å². The molecular formula is C22H31N3O. The number of nitrogens with one attached hydrogen (secondary N) is 2. The van der Waals surface area contributed by atoms with E-state index < -0.39 is 0 Å². The Morgan fingerprint density at radius 2 is 2.04 bits per heavy atom. The molecule has 1 saturated heterocycles. The average Bonchev–Trinajstić information content (AvgIpc) is 3.28. The number of hydrogen-bond donors (Lipinski definition) is 2. The molecule has 2 N–H and O–H groups in total. The number of carbonyl (C=O) groups is 1. The lowest BCUT2D eigenvalue weighted by Gasteiger charge is -2.29. The maximum atomic E-state index is 12.6. The smallest absolute Gasteiger partial charge is 0.230 e. The van der Waals surface area contributed by atoms with Crippen LogP contribution in [-0.4, -0.2) is 38.1 Å². The topological polar surface area (TPSA) is 44.4 Å². The molecule has 0 radical (unpaired) electrons. The number of piperidine rings is 1. The third-order valence-corrected chi connectivity index (χ3v) is 7.07. The Morgan fingerprint density at radius 1 is 1.19 bits per heavy atom. The molecular weight excluding hydrogens is 322 g/mol. The van der Waals surface area contributed by atoms with E-state index in [1.807, 2.05) is 0 Å². The average molecular weight is 354 g/mol.